The minimum atomic E-state index is 1.01. The lowest BCUT2D eigenvalue weighted by molar-refractivity contribution is 0.326. The summed E-state index contributed by atoms with van der Waals surface area (Å²) in [6, 6.07) is 56.2. The number of likely N-dealkylation sites (tertiary alicyclic amines) is 3. The molecule has 0 spiro atoms. The molecule has 7 aromatic carbocycles. The highest BCUT2D eigenvalue weighted by Gasteiger charge is 2.20. The van der Waals surface area contributed by atoms with E-state index in [-0.39, 0.29) is 0 Å². The average molecular weight is 865 g/mol. The average Bonchev–Trinajstić information content (AvgIpc) is 4.25. The lowest BCUT2D eigenvalue weighted by atomic mass is 9.92. The molecular weight excluding hydrogens is 805 g/mol. The Morgan fingerprint density at radius 3 is 0.818 bits per heavy atom. The molecule has 3 fully saturated rings. The SMILES string of the molecule is c1ccc2c(c1)c1cc(-c3cc(-c4ccc5c(c4)c4ccccc4n5CCN4CCCC4)cc(-c4ccc5c(c4)c4ccccc4n5CCN4CCCC4)c3)ccc1n2CCN1CCCC1. The zero-order chi connectivity index (χ0) is 43.6. The largest absolute Gasteiger partial charge is 0.339 e. The number of para-hydroxylation sites is 3. The summed E-state index contributed by atoms with van der Waals surface area (Å²) >= 11 is 0. The molecule has 10 aromatic rings. The first-order valence-electron chi connectivity index (χ1n) is 25.1. The van der Waals surface area contributed by atoms with Crippen LogP contribution in [0.5, 0.6) is 0 Å². The molecule has 66 heavy (non-hydrogen) atoms. The fraction of sp³-hybridized carbons (Fsp3) is 0.300. The van der Waals surface area contributed by atoms with Gasteiger partial charge in [0.15, 0.2) is 0 Å². The lowest BCUT2D eigenvalue weighted by Crippen LogP contribution is -2.23. The molecule has 6 heteroatoms. The van der Waals surface area contributed by atoms with Gasteiger partial charge in [0.05, 0.1) is 0 Å². The molecule has 0 saturated carbocycles. The molecule has 0 unspecified atom stereocenters. The molecule has 0 radical (unpaired) electrons. The predicted molar refractivity (Wildman–Crippen MR) is 279 cm³/mol. The number of hydrogen-bond donors (Lipinski definition) is 0. The van der Waals surface area contributed by atoms with Crippen LogP contribution in [0.25, 0.3) is 98.8 Å². The van der Waals surface area contributed by atoms with Crippen molar-refractivity contribution < 1.29 is 0 Å². The van der Waals surface area contributed by atoms with Crippen LogP contribution < -0.4 is 0 Å². The predicted octanol–water partition coefficient (Wildman–Crippen LogP) is 13.3. The first kappa shape index (κ1) is 40.1. The third-order valence-corrected chi connectivity index (χ3v) is 15.8. The summed E-state index contributed by atoms with van der Waals surface area (Å²) in [6.07, 6.45) is 7.94. The van der Waals surface area contributed by atoms with Crippen molar-refractivity contribution in [2.24, 2.45) is 0 Å². The number of hydrogen-bond acceptors (Lipinski definition) is 3. The Morgan fingerprint density at radius 2 is 0.515 bits per heavy atom. The molecule has 0 aliphatic carbocycles. The maximum atomic E-state index is 2.63. The van der Waals surface area contributed by atoms with E-state index < -0.39 is 0 Å². The first-order valence-corrected chi connectivity index (χ1v) is 25.1. The van der Waals surface area contributed by atoms with Crippen molar-refractivity contribution in [1.82, 2.24) is 28.4 Å². The van der Waals surface area contributed by atoms with Crippen LogP contribution in [0.15, 0.2) is 146 Å². The molecule has 0 amide bonds. The highest BCUT2D eigenvalue weighted by Crippen LogP contribution is 2.40. The summed E-state index contributed by atoms with van der Waals surface area (Å²) in [4.78, 5) is 7.90. The molecule has 13 rings (SSSR count). The van der Waals surface area contributed by atoms with E-state index in [1.54, 1.807) is 0 Å². The van der Waals surface area contributed by atoms with Crippen molar-refractivity contribution in [2.45, 2.75) is 58.2 Å². The molecule has 330 valence electrons. The standard InChI is InChI=1S/C60H60N6/c1-4-16-55-49(13-1)52-40-43(19-22-58(52)64(55)34-31-61-25-7-8-26-61)46-37-47(44-20-23-59-53(41-44)50-14-2-5-17-56(50)65(59)35-32-62-27-9-10-28-62)39-48(38-46)45-21-24-60-54(42-45)51-15-3-6-18-57(51)66(60)36-33-63-29-11-12-30-63/h1-6,13-24,37-42H,7-12,25-36H2. The van der Waals surface area contributed by atoms with Crippen LogP contribution in [0.1, 0.15) is 38.5 Å². The van der Waals surface area contributed by atoms with Crippen molar-refractivity contribution in [2.75, 3.05) is 58.9 Å². The van der Waals surface area contributed by atoms with Gasteiger partial charge < -0.3 is 28.4 Å². The summed E-state index contributed by atoms with van der Waals surface area (Å²) in [5.41, 5.74) is 15.5. The summed E-state index contributed by atoms with van der Waals surface area (Å²) < 4.78 is 7.72. The van der Waals surface area contributed by atoms with E-state index in [9.17, 15) is 0 Å². The second kappa shape index (κ2) is 16.9. The van der Waals surface area contributed by atoms with Gasteiger partial charge in [-0.2, -0.15) is 0 Å². The molecule has 0 atom stereocenters. The Morgan fingerprint density at radius 1 is 0.242 bits per heavy atom. The molecule has 6 heterocycles. The van der Waals surface area contributed by atoms with E-state index in [1.807, 2.05) is 0 Å². The number of aromatic nitrogens is 3. The summed E-state index contributed by atoms with van der Waals surface area (Å²) in [6.45, 7) is 13.7. The third kappa shape index (κ3) is 7.13. The monoisotopic (exact) mass is 864 g/mol. The van der Waals surface area contributed by atoms with Crippen LogP contribution in [0.3, 0.4) is 0 Å². The quantitative estimate of drug-likeness (QED) is 0.122. The zero-order valence-corrected chi connectivity index (χ0v) is 38.3. The van der Waals surface area contributed by atoms with Gasteiger partial charge >= 0.3 is 0 Å². The van der Waals surface area contributed by atoms with Crippen molar-refractivity contribution in [3.63, 3.8) is 0 Å². The molecule has 3 saturated heterocycles. The van der Waals surface area contributed by atoms with Crippen LogP contribution in [0.2, 0.25) is 0 Å². The van der Waals surface area contributed by atoms with Gasteiger partial charge in [-0.15, -0.1) is 0 Å². The van der Waals surface area contributed by atoms with E-state index in [1.165, 1.54) is 177 Å². The van der Waals surface area contributed by atoms with E-state index in [0.29, 0.717) is 0 Å². The van der Waals surface area contributed by atoms with Crippen molar-refractivity contribution in [3.8, 4) is 33.4 Å². The normalized spacial score (nSPS) is 16.5. The smallest absolute Gasteiger partial charge is 0.0492 e. The summed E-state index contributed by atoms with van der Waals surface area (Å²) in [5.74, 6) is 0. The molecule has 6 nitrogen and oxygen atoms in total. The van der Waals surface area contributed by atoms with E-state index in [0.717, 1.165) is 39.3 Å². The Labute approximate surface area is 388 Å². The Hall–Kier alpha value is -6.18. The van der Waals surface area contributed by atoms with Crippen LogP contribution in [-0.4, -0.2) is 87.3 Å². The van der Waals surface area contributed by atoms with Gasteiger partial charge in [-0.1, -0.05) is 72.8 Å². The van der Waals surface area contributed by atoms with Crippen molar-refractivity contribution in [3.05, 3.63) is 146 Å². The highest BCUT2D eigenvalue weighted by molar-refractivity contribution is 6.12. The molecule has 3 aromatic heterocycles. The minimum absolute atomic E-state index is 1.01. The Kier molecular flexibility index (Phi) is 10.3. The van der Waals surface area contributed by atoms with Crippen molar-refractivity contribution >= 4 is 65.4 Å². The van der Waals surface area contributed by atoms with E-state index >= 15 is 0 Å². The topological polar surface area (TPSA) is 24.5 Å². The minimum Gasteiger partial charge on any atom is -0.339 e. The lowest BCUT2D eigenvalue weighted by Gasteiger charge is -2.17. The Balaban J connectivity index is 0.952. The maximum Gasteiger partial charge on any atom is 0.0492 e. The van der Waals surface area contributed by atoms with Gasteiger partial charge in [-0.05, 0) is 184 Å². The van der Waals surface area contributed by atoms with Crippen LogP contribution in [0, 0.1) is 0 Å². The van der Waals surface area contributed by atoms with Gasteiger partial charge in [0.1, 0.15) is 0 Å². The number of nitrogens with zero attached hydrogens (tertiary/aromatic N) is 6. The van der Waals surface area contributed by atoms with E-state index in [4.69, 9.17) is 0 Å². The second-order valence-corrected chi connectivity index (χ2v) is 19.6. The molecule has 0 N–H and O–H groups in total. The van der Waals surface area contributed by atoms with Gasteiger partial charge in [0, 0.05) is 105 Å². The van der Waals surface area contributed by atoms with Crippen LogP contribution >= 0.6 is 0 Å². The van der Waals surface area contributed by atoms with Crippen molar-refractivity contribution in [1.29, 1.82) is 0 Å². The number of fused-ring (bicyclic) bond motifs is 9. The molecule has 3 aliphatic rings. The summed E-state index contributed by atoms with van der Waals surface area (Å²) in [7, 11) is 0. The molecule has 0 bridgehead atoms. The number of benzene rings is 7. The summed E-state index contributed by atoms with van der Waals surface area (Å²) in [5, 5.41) is 8.02. The maximum absolute atomic E-state index is 2.63. The van der Waals surface area contributed by atoms with Gasteiger partial charge in [-0.3, -0.25) is 0 Å². The zero-order valence-electron chi connectivity index (χ0n) is 38.3. The van der Waals surface area contributed by atoms with Gasteiger partial charge in [-0.25, -0.2) is 0 Å². The highest BCUT2D eigenvalue weighted by atomic mass is 15.2. The fourth-order valence-corrected chi connectivity index (χ4v) is 12.3. The van der Waals surface area contributed by atoms with E-state index in [2.05, 4.69) is 174 Å². The number of rotatable bonds is 12. The van der Waals surface area contributed by atoms with Crippen LogP contribution in [-0.2, 0) is 19.6 Å². The fourth-order valence-electron chi connectivity index (χ4n) is 12.3. The first-order chi connectivity index (χ1) is 32.7. The molecule has 3 aliphatic heterocycles. The molecular formula is C60H60N6. The third-order valence-electron chi connectivity index (χ3n) is 15.8. The van der Waals surface area contributed by atoms with Gasteiger partial charge in [0.25, 0.3) is 0 Å². The second-order valence-electron chi connectivity index (χ2n) is 19.6. The Bertz CT molecular complexity index is 3050. The van der Waals surface area contributed by atoms with Crippen LogP contribution in [0.4, 0.5) is 0 Å². The van der Waals surface area contributed by atoms with Gasteiger partial charge in [0.2, 0.25) is 0 Å².